The molecule has 0 bridgehead atoms. The van der Waals surface area contributed by atoms with Gasteiger partial charge in [0.1, 0.15) is 11.4 Å². The van der Waals surface area contributed by atoms with Crippen molar-refractivity contribution in [3.63, 3.8) is 0 Å². The molecule has 2 fully saturated rings. The molecule has 2 aromatic rings. The zero-order valence-electron chi connectivity index (χ0n) is 19.9. The van der Waals surface area contributed by atoms with E-state index in [4.69, 9.17) is 21.1 Å². The van der Waals surface area contributed by atoms with Crippen LogP contribution in [-0.4, -0.2) is 62.5 Å². The number of piperidine rings is 1. The van der Waals surface area contributed by atoms with E-state index in [2.05, 4.69) is 46.1 Å². The summed E-state index contributed by atoms with van der Waals surface area (Å²) in [6.07, 6.45) is 4.20. The number of rotatable bonds is 4. The van der Waals surface area contributed by atoms with Gasteiger partial charge in [-0.1, -0.05) is 36.4 Å². The summed E-state index contributed by atoms with van der Waals surface area (Å²) in [7, 11) is 0. The highest BCUT2D eigenvalue weighted by atomic mass is 16.5. The molecule has 0 atom stereocenters. The number of hydrazine groups is 1. The van der Waals surface area contributed by atoms with Gasteiger partial charge in [0.05, 0.1) is 19.8 Å². The van der Waals surface area contributed by atoms with Crippen molar-refractivity contribution in [2.45, 2.75) is 25.4 Å². The lowest BCUT2D eigenvalue weighted by atomic mass is 9.83. The minimum absolute atomic E-state index is 0.263. The normalized spacial score (nSPS) is 19.2. The van der Waals surface area contributed by atoms with E-state index in [0.29, 0.717) is 12.4 Å². The van der Waals surface area contributed by atoms with Gasteiger partial charge in [-0.05, 0) is 49.4 Å². The number of amidine groups is 1. The van der Waals surface area contributed by atoms with Crippen LogP contribution in [0.4, 0.5) is 0 Å². The molecule has 182 valence electrons. The molecule has 3 aliphatic rings. The summed E-state index contributed by atoms with van der Waals surface area (Å²) >= 11 is 0. The fraction of sp³-hybridized carbons (Fsp3) is 0.423. The van der Waals surface area contributed by atoms with Crippen molar-refractivity contribution in [1.82, 2.24) is 15.8 Å². The number of fused-ring (bicyclic) bond motifs is 1. The van der Waals surface area contributed by atoms with Crippen LogP contribution >= 0.6 is 0 Å². The van der Waals surface area contributed by atoms with Crippen LogP contribution in [0.25, 0.3) is 5.57 Å². The first-order valence-corrected chi connectivity index (χ1v) is 12.1. The lowest BCUT2D eigenvalue weighted by molar-refractivity contribution is 0.0817. The van der Waals surface area contributed by atoms with Crippen molar-refractivity contribution in [2.24, 2.45) is 16.7 Å². The maximum Gasteiger partial charge on any atom is 0.152 e. The van der Waals surface area contributed by atoms with Gasteiger partial charge in [0, 0.05) is 37.1 Å². The van der Waals surface area contributed by atoms with E-state index >= 15 is 0 Å². The van der Waals surface area contributed by atoms with Crippen LogP contribution in [0.2, 0.25) is 0 Å². The standard InChI is InChI=1S/C22H27N5O.C4H9NO/c1-2-27(24)26-21(23)17-7-5-6-16(14-17)19-15-22(10-12-25-13-11-22)28-20-9-4-3-8-18(19)20;1-3-6-4-2-5-1/h3-9,14-15,25H,2,10-13,24H2,1H3,(H2,23,26);5H,1-4H2. The van der Waals surface area contributed by atoms with Crippen molar-refractivity contribution in [3.05, 3.63) is 71.3 Å². The number of morpholine rings is 1. The molecule has 5 rings (SSSR count). The summed E-state index contributed by atoms with van der Waals surface area (Å²) < 4.78 is 11.5. The van der Waals surface area contributed by atoms with Crippen molar-refractivity contribution < 1.29 is 9.47 Å². The molecule has 0 aromatic heterocycles. The van der Waals surface area contributed by atoms with Gasteiger partial charge in [-0.2, -0.15) is 0 Å². The molecule has 6 N–H and O–H groups in total. The molecule has 8 nitrogen and oxygen atoms in total. The van der Waals surface area contributed by atoms with Crippen LogP contribution in [-0.2, 0) is 4.74 Å². The SMILES string of the molecule is C1COCCN1.CCN(N)/N=C(\N)c1cccc(C2=CC3(CCNCC3)Oc3ccccc32)c1. The molecule has 0 unspecified atom stereocenters. The van der Waals surface area contributed by atoms with Crippen LogP contribution in [0.15, 0.2) is 59.7 Å². The average molecular weight is 465 g/mol. The van der Waals surface area contributed by atoms with Gasteiger partial charge in [0.2, 0.25) is 0 Å². The third-order valence-electron chi connectivity index (χ3n) is 6.22. The first-order chi connectivity index (χ1) is 16.6. The number of hydrogen-bond donors (Lipinski definition) is 4. The van der Waals surface area contributed by atoms with Crippen molar-refractivity contribution in [3.8, 4) is 5.75 Å². The molecule has 2 saturated heterocycles. The number of benzene rings is 2. The predicted octanol–water partition coefficient (Wildman–Crippen LogP) is 2.06. The zero-order chi connectivity index (χ0) is 23.8. The van der Waals surface area contributed by atoms with Gasteiger partial charge in [-0.15, -0.1) is 5.10 Å². The molecule has 3 aliphatic heterocycles. The van der Waals surface area contributed by atoms with Crippen LogP contribution in [0.3, 0.4) is 0 Å². The molecule has 3 heterocycles. The smallest absolute Gasteiger partial charge is 0.152 e. The van der Waals surface area contributed by atoms with E-state index in [-0.39, 0.29) is 5.60 Å². The first kappa shape index (κ1) is 24.2. The van der Waals surface area contributed by atoms with Crippen LogP contribution in [0.1, 0.15) is 36.5 Å². The molecule has 2 aromatic carbocycles. The summed E-state index contributed by atoms with van der Waals surface area (Å²) in [5.74, 6) is 7.12. The third kappa shape index (κ3) is 5.95. The fourth-order valence-electron chi connectivity index (χ4n) is 4.33. The Morgan fingerprint density at radius 3 is 2.44 bits per heavy atom. The number of nitrogens with zero attached hydrogens (tertiary/aromatic N) is 2. The molecule has 0 saturated carbocycles. The number of para-hydroxylation sites is 1. The maximum absolute atomic E-state index is 6.47. The molecule has 0 amide bonds. The molecule has 8 heteroatoms. The number of hydrazone groups is 1. The molecule has 1 spiro atoms. The highest BCUT2D eigenvalue weighted by Crippen LogP contribution is 2.42. The summed E-state index contributed by atoms with van der Waals surface area (Å²) in [4.78, 5) is 0. The van der Waals surface area contributed by atoms with Gasteiger partial charge in [0.25, 0.3) is 0 Å². The van der Waals surface area contributed by atoms with Gasteiger partial charge in [-0.25, -0.2) is 11.0 Å². The second kappa shape index (κ2) is 11.5. The minimum Gasteiger partial charge on any atom is -0.482 e. The lowest BCUT2D eigenvalue weighted by Crippen LogP contribution is -2.46. The van der Waals surface area contributed by atoms with E-state index in [1.54, 1.807) is 0 Å². The average Bonchev–Trinajstić information content (AvgIpc) is 2.90. The molecule has 34 heavy (non-hydrogen) atoms. The highest BCUT2D eigenvalue weighted by Gasteiger charge is 2.36. The maximum atomic E-state index is 6.47. The largest absolute Gasteiger partial charge is 0.482 e. The number of nitrogens with one attached hydrogen (secondary N) is 2. The van der Waals surface area contributed by atoms with Crippen molar-refractivity contribution >= 4 is 11.4 Å². The Morgan fingerprint density at radius 2 is 1.76 bits per heavy atom. The third-order valence-corrected chi connectivity index (χ3v) is 6.22. The first-order valence-electron chi connectivity index (χ1n) is 12.1. The van der Waals surface area contributed by atoms with Crippen LogP contribution in [0, 0.1) is 0 Å². The van der Waals surface area contributed by atoms with Gasteiger partial charge < -0.3 is 25.8 Å². The van der Waals surface area contributed by atoms with Gasteiger partial charge in [-0.3, -0.25) is 0 Å². The monoisotopic (exact) mass is 464 g/mol. The summed E-state index contributed by atoms with van der Waals surface area (Å²) in [6.45, 7) is 8.26. The number of hydrogen-bond acceptors (Lipinski definition) is 7. The minimum atomic E-state index is -0.263. The van der Waals surface area contributed by atoms with E-state index in [1.807, 2.05) is 31.2 Å². The Balaban J connectivity index is 0.000000398. The Bertz CT molecular complexity index is 1000. The molecule has 0 radical (unpaired) electrons. The number of ether oxygens (including phenoxy) is 2. The zero-order valence-corrected chi connectivity index (χ0v) is 19.9. The van der Waals surface area contributed by atoms with Crippen molar-refractivity contribution in [1.29, 1.82) is 0 Å². The van der Waals surface area contributed by atoms with Crippen LogP contribution < -0.4 is 26.9 Å². The summed E-state index contributed by atoms with van der Waals surface area (Å²) in [5, 5.41) is 12.2. The topological polar surface area (TPSA) is 110 Å². The predicted molar refractivity (Wildman–Crippen MR) is 136 cm³/mol. The number of nitrogens with two attached hydrogens (primary N) is 2. The Morgan fingerprint density at radius 1 is 1.03 bits per heavy atom. The lowest BCUT2D eigenvalue weighted by Gasteiger charge is -2.40. The Labute approximate surface area is 201 Å². The van der Waals surface area contributed by atoms with Crippen molar-refractivity contribution in [2.75, 3.05) is 45.9 Å². The second-order valence-electron chi connectivity index (χ2n) is 8.66. The van der Waals surface area contributed by atoms with Gasteiger partial charge in [0.15, 0.2) is 5.84 Å². The van der Waals surface area contributed by atoms with E-state index in [9.17, 15) is 0 Å². The summed E-state index contributed by atoms with van der Waals surface area (Å²) in [5.41, 5.74) is 10.2. The molecule has 0 aliphatic carbocycles. The Hall–Kier alpha value is -2.91. The van der Waals surface area contributed by atoms with E-state index < -0.39 is 0 Å². The summed E-state index contributed by atoms with van der Waals surface area (Å²) in [6, 6.07) is 16.4. The quantitative estimate of drug-likeness (QED) is 0.237. The van der Waals surface area contributed by atoms with Gasteiger partial charge >= 0.3 is 0 Å². The fourth-order valence-corrected chi connectivity index (χ4v) is 4.33. The Kier molecular flexibility index (Phi) is 8.18. The highest BCUT2D eigenvalue weighted by molar-refractivity contribution is 5.98. The van der Waals surface area contributed by atoms with E-state index in [0.717, 1.165) is 74.7 Å². The molecular weight excluding hydrogens is 428 g/mol. The van der Waals surface area contributed by atoms with Crippen LogP contribution in [0.5, 0.6) is 5.75 Å². The molecular formula is C26H36N6O2. The van der Waals surface area contributed by atoms with E-state index in [1.165, 1.54) is 10.7 Å². The second-order valence-corrected chi connectivity index (χ2v) is 8.66.